The molecule has 106 valence electrons. The third-order valence-corrected chi connectivity index (χ3v) is 2.77. The Morgan fingerprint density at radius 1 is 1.58 bits per heavy atom. The van der Waals surface area contributed by atoms with Crippen LogP contribution in [-0.2, 0) is 9.09 Å². The largest absolute Gasteiger partial charge is 0.471 e. The van der Waals surface area contributed by atoms with E-state index in [0.717, 1.165) is 0 Å². The maximum absolute atomic E-state index is 10.7. The van der Waals surface area contributed by atoms with Crippen LogP contribution in [0.1, 0.15) is 20.8 Å². The zero-order valence-corrected chi connectivity index (χ0v) is 11.8. The van der Waals surface area contributed by atoms with Crippen LogP contribution in [0.2, 0.25) is 0 Å². The molecular weight excluding hydrogens is 271 g/mol. The molecule has 0 atom stereocenters. The Morgan fingerprint density at radius 3 is 2.68 bits per heavy atom. The maximum atomic E-state index is 10.7. The van der Waals surface area contributed by atoms with Crippen LogP contribution in [0.5, 0.6) is 0 Å². The molecule has 8 nitrogen and oxygen atoms in total. The van der Waals surface area contributed by atoms with E-state index in [-0.39, 0.29) is 12.6 Å². The Bertz CT molecular complexity index is 518. The van der Waals surface area contributed by atoms with Crippen molar-refractivity contribution in [2.45, 2.75) is 20.8 Å². The van der Waals surface area contributed by atoms with Crippen molar-refractivity contribution in [3.05, 3.63) is 23.7 Å². The molecule has 0 aromatic rings. The van der Waals surface area contributed by atoms with Gasteiger partial charge in [-0.1, -0.05) is 6.08 Å². The first-order valence-electron chi connectivity index (χ1n) is 5.48. The van der Waals surface area contributed by atoms with Gasteiger partial charge >= 0.3 is 7.82 Å². The quantitative estimate of drug-likeness (QED) is 0.661. The molecule has 4 N–H and O–H groups in total. The molecule has 0 fully saturated rings. The molecule has 0 spiro atoms. The highest BCUT2D eigenvalue weighted by molar-refractivity contribution is 7.46. The number of phosphoric acid groups is 1. The Kier molecular flexibility index (Phi) is 5.02. The lowest BCUT2D eigenvalue weighted by atomic mass is 10.4. The fourth-order valence-electron chi connectivity index (χ4n) is 1.36. The number of allylic oxidation sites excluding steroid dienone is 2. The van der Waals surface area contributed by atoms with Gasteiger partial charge < -0.3 is 15.5 Å². The van der Waals surface area contributed by atoms with Crippen LogP contribution in [0.4, 0.5) is 0 Å². The average molecular weight is 288 g/mol. The van der Waals surface area contributed by atoms with E-state index in [0.29, 0.717) is 17.4 Å². The van der Waals surface area contributed by atoms with Gasteiger partial charge in [-0.15, -0.1) is 0 Å². The summed E-state index contributed by atoms with van der Waals surface area (Å²) >= 11 is 0. The van der Waals surface area contributed by atoms with Crippen LogP contribution in [0.25, 0.3) is 0 Å². The predicted octanol–water partition coefficient (Wildman–Crippen LogP) is 0.909. The van der Waals surface area contributed by atoms with Gasteiger partial charge in [-0.05, 0) is 26.8 Å². The topological polar surface area (TPSA) is 121 Å². The molecule has 1 rings (SSSR count). The molecule has 1 heterocycles. The lowest BCUT2D eigenvalue weighted by Crippen LogP contribution is -2.33. The molecule has 0 radical (unpaired) electrons. The van der Waals surface area contributed by atoms with E-state index in [1.807, 2.05) is 0 Å². The number of hydrogen-bond donors (Lipinski definition) is 3. The third-order valence-electron chi connectivity index (χ3n) is 2.32. The summed E-state index contributed by atoms with van der Waals surface area (Å²) in [6.07, 6.45) is 3.33. The minimum Gasteiger partial charge on any atom is -0.384 e. The molecule has 0 aromatic heterocycles. The van der Waals surface area contributed by atoms with E-state index >= 15 is 0 Å². The molecular formula is C10H17N4O4P. The first-order chi connectivity index (χ1) is 8.78. The van der Waals surface area contributed by atoms with Crippen LogP contribution in [0, 0.1) is 0 Å². The van der Waals surface area contributed by atoms with Gasteiger partial charge in [-0.25, -0.2) is 14.5 Å². The van der Waals surface area contributed by atoms with E-state index in [1.165, 1.54) is 4.90 Å². The van der Waals surface area contributed by atoms with Crippen molar-refractivity contribution < 1.29 is 18.9 Å². The average Bonchev–Trinajstić information content (AvgIpc) is 2.61. The lowest BCUT2D eigenvalue weighted by Gasteiger charge is -2.19. The fraction of sp³-hybridized carbons (Fsp3) is 0.400. The highest BCUT2D eigenvalue weighted by atomic mass is 31.2. The van der Waals surface area contributed by atoms with Gasteiger partial charge in [-0.2, -0.15) is 0 Å². The predicted molar refractivity (Wildman–Crippen MR) is 72.1 cm³/mol. The zero-order chi connectivity index (χ0) is 14.6. The molecule has 1 aliphatic rings. The smallest absolute Gasteiger partial charge is 0.384 e. The molecule has 0 bridgehead atoms. The molecule has 0 unspecified atom stereocenters. The van der Waals surface area contributed by atoms with E-state index < -0.39 is 7.82 Å². The van der Waals surface area contributed by atoms with Crippen LogP contribution >= 0.6 is 7.82 Å². The van der Waals surface area contributed by atoms with Crippen molar-refractivity contribution in [3.8, 4) is 0 Å². The number of aliphatic imine (C=N–C) groups is 2. The Hall–Kier alpha value is -1.47. The molecule has 9 heteroatoms. The van der Waals surface area contributed by atoms with Gasteiger partial charge in [0.1, 0.15) is 24.1 Å². The second-order valence-electron chi connectivity index (χ2n) is 3.66. The minimum atomic E-state index is -4.56. The zero-order valence-electron chi connectivity index (χ0n) is 10.9. The summed E-state index contributed by atoms with van der Waals surface area (Å²) in [6, 6.07) is 0. The monoisotopic (exact) mass is 288 g/mol. The SMILES string of the molecule is C\C=C(N)/N=C1\C(=C/C)N=C(C)N1COP(=O)(O)O. The summed E-state index contributed by atoms with van der Waals surface area (Å²) in [5, 5.41) is 0. The van der Waals surface area contributed by atoms with Crippen molar-refractivity contribution in [2.24, 2.45) is 15.7 Å². The molecule has 0 aromatic carbocycles. The normalized spacial score (nSPS) is 21.4. The van der Waals surface area contributed by atoms with Gasteiger partial charge in [0.05, 0.1) is 0 Å². The first-order valence-corrected chi connectivity index (χ1v) is 7.01. The maximum Gasteiger partial charge on any atom is 0.471 e. The van der Waals surface area contributed by atoms with E-state index in [2.05, 4.69) is 14.5 Å². The van der Waals surface area contributed by atoms with Crippen molar-refractivity contribution in [1.29, 1.82) is 0 Å². The van der Waals surface area contributed by atoms with E-state index in [4.69, 9.17) is 15.5 Å². The van der Waals surface area contributed by atoms with Gasteiger partial charge in [0.15, 0.2) is 5.84 Å². The molecule has 0 saturated heterocycles. The summed E-state index contributed by atoms with van der Waals surface area (Å²) in [4.78, 5) is 27.3. The highest BCUT2D eigenvalue weighted by Gasteiger charge is 2.27. The summed E-state index contributed by atoms with van der Waals surface area (Å²) in [5.41, 5.74) is 6.20. The van der Waals surface area contributed by atoms with Crippen molar-refractivity contribution >= 4 is 19.5 Å². The number of phosphoric ester groups is 1. The van der Waals surface area contributed by atoms with Crippen molar-refractivity contribution in [1.82, 2.24) is 4.90 Å². The van der Waals surface area contributed by atoms with Crippen LogP contribution in [0.3, 0.4) is 0 Å². The lowest BCUT2D eigenvalue weighted by molar-refractivity contribution is 0.163. The summed E-state index contributed by atoms with van der Waals surface area (Å²) in [7, 11) is -4.56. The molecule has 0 saturated carbocycles. The number of amidine groups is 2. The molecule has 19 heavy (non-hydrogen) atoms. The number of hydrogen-bond acceptors (Lipinski definition) is 5. The summed E-state index contributed by atoms with van der Waals surface area (Å²) in [6.45, 7) is 4.84. The Morgan fingerprint density at radius 2 is 2.21 bits per heavy atom. The summed E-state index contributed by atoms with van der Waals surface area (Å²) in [5.74, 6) is 1.19. The van der Waals surface area contributed by atoms with E-state index in [1.54, 1.807) is 32.9 Å². The number of nitrogens with two attached hydrogens (primary N) is 1. The standard InChI is InChI=1S/C10H17N4O4P/c1-4-8-10(13-9(11)5-2)14(7(3)12-8)6-18-19(15,16)17/h4-5H,6,11H2,1-3H3,(H2,15,16,17)/b8-4+,9-5-,13-10+. The number of nitrogens with zero attached hydrogens (tertiary/aromatic N) is 3. The highest BCUT2D eigenvalue weighted by Crippen LogP contribution is 2.36. The molecule has 1 aliphatic heterocycles. The van der Waals surface area contributed by atoms with Crippen molar-refractivity contribution in [2.75, 3.05) is 6.73 Å². The Labute approximate surface area is 111 Å². The van der Waals surface area contributed by atoms with Gasteiger partial charge in [0, 0.05) is 0 Å². The van der Waals surface area contributed by atoms with Gasteiger partial charge in [-0.3, -0.25) is 9.42 Å². The van der Waals surface area contributed by atoms with Gasteiger partial charge in [0.2, 0.25) is 0 Å². The fourth-order valence-corrected chi connectivity index (χ4v) is 1.63. The van der Waals surface area contributed by atoms with Crippen LogP contribution < -0.4 is 5.73 Å². The minimum absolute atomic E-state index is 0.278. The first kappa shape index (κ1) is 15.6. The second kappa shape index (κ2) is 6.12. The summed E-state index contributed by atoms with van der Waals surface area (Å²) < 4.78 is 15.2. The third kappa shape index (κ3) is 4.29. The molecule has 0 amide bonds. The number of rotatable bonds is 4. The molecule has 0 aliphatic carbocycles. The van der Waals surface area contributed by atoms with Crippen LogP contribution in [0.15, 0.2) is 33.7 Å². The Balaban J connectivity index is 3.03. The second-order valence-corrected chi connectivity index (χ2v) is 4.90. The van der Waals surface area contributed by atoms with E-state index in [9.17, 15) is 4.57 Å². The van der Waals surface area contributed by atoms with Gasteiger partial charge in [0.25, 0.3) is 0 Å². The van der Waals surface area contributed by atoms with Crippen molar-refractivity contribution in [3.63, 3.8) is 0 Å². The van der Waals surface area contributed by atoms with Crippen LogP contribution in [-0.4, -0.2) is 33.1 Å².